The Morgan fingerprint density at radius 3 is 2.31 bits per heavy atom. The average Bonchev–Trinajstić information content (AvgIpc) is 2.20. The van der Waals surface area contributed by atoms with Crippen molar-refractivity contribution in [1.82, 2.24) is 4.72 Å². The maximum atomic E-state index is 11.7. The highest BCUT2D eigenvalue weighted by atomic mass is 35.5. The van der Waals surface area contributed by atoms with E-state index in [1.54, 1.807) is 0 Å². The summed E-state index contributed by atoms with van der Waals surface area (Å²) in [6.07, 6.45) is 1.42. The third kappa shape index (κ3) is 3.12. The Morgan fingerprint density at radius 2 is 1.75 bits per heavy atom. The summed E-state index contributed by atoms with van der Waals surface area (Å²) in [5.74, 6) is 0. The molecule has 7 heteroatoms. The normalized spacial score (nSPS) is 11.4. The summed E-state index contributed by atoms with van der Waals surface area (Å²) < 4.78 is 25.7. The molecule has 0 aromatic heterocycles. The van der Waals surface area contributed by atoms with E-state index < -0.39 is 10.0 Å². The van der Waals surface area contributed by atoms with Crippen LogP contribution in [0.25, 0.3) is 0 Å². The fourth-order valence-corrected chi connectivity index (χ4v) is 2.95. The van der Waals surface area contributed by atoms with E-state index in [0.717, 1.165) is 0 Å². The van der Waals surface area contributed by atoms with Crippen molar-refractivity contribution in [2.24, 2.45) is 0 Å². The van der Waals surface area contributed by atoms with Crippen LogP contribution in [0.2, 0.25) is 15.1 Å². The average molecular weight is 301 g/mol. The zero-order chi connectivity index (χ0) is 12.3. The van der Waals surface area contributed by atoms with Crippen LogP contribution in [-0.4, -0.2) is 15.0 Å². The summed E-state index contributed by atoms with van der Waals surface area (Å²) in [5.41, 5.74) is 0. The SMILES string of the molecule is C=CCNS(=O)(=O)c1cc(Cl)c(Cl)cc1Cl. The van der Waals surface area contributed by atoms with Gasteiger partial charge in [0, 0.05) is 6.54 Å². The van der Waals surface area contributed by atoms with Crippen molar-refractivity contribution in [3.8, 4) is 0 Å². The van der Waals surface area contributed by atoms with Crippen LogP contribution in [0.15, 0.2) is 29.7 Å². The molecule has 0 aliphatic heterocycles. The fourth-order valence-electron chi connectivity index (χ4n) is 0.957. The molecule has 0 atom stereocenters. The van der Waals surface area contributed by atoms with E-state index in [1.807, 2.05) is 0 Å². The summed E-state index contributed by atoms with van der Waals surface area (Å²) in [5, 5.41) is 0.352. The van der Waals surface area contributed by atoms with Crippen LogP contribution in [0.4, 0.5) is 0 Å². The predicted octanol–water partition coefficient (Wildman–Crippen LogP) is 3.11. The number of hydrogen-bond donors (Lipinski definition) is 1. The second-order valence-electron chi connectivity index (χ2n) is 2.84. The van der Waals surface area contributed by atoms with Crippen LogP contribution >= 0.6 is 34.8 Å². The molecule has 0 unspecified atom stereocenters. The molecule has 3 nitrogen and oxygen atoms in total. The van der Waals surface area contributed by atoms with Crippen molar-refractivity contribution < 1.29 is 8.42 Å². The van der Waals surface area contributed by atoms with Gasteiger partial charge >= 0.3 is 0 Å². The molecule has 88 valence electrons. The van der Waals surface area contributed by atoms with Gasteiger partial charge in [0.05, 0.1) is 15.1 Å². The van der Waals surface area contributed by atoms with Crippen LogP contribution in [0.3, 0.4) is 0 Å². The molecule has 1 N–H and O–H groups in total. The van der Waals surface area contributed by atoms with E-state index >= 15 is 0 Å². The second-order valence-corrected chi connectivity index (χ2v) is 5.79. The standard InChI is InChI=1S/C9H8Cl3NO2S/c1-2-3-13-16(14,15)9-5-7(11)6(10)4-8(9)12/h2,4-5,13H,1,3H2. The molecule has 0 saturated heterocycles. The number of hydrogen-bond acceptors (Lipinski definition) is 2. The highest BCUT2D eigenvalue weighted by molar-refractivity contribution is 7.89. The van der Waals surface area contributed by atoms with Crippen LogP contribution in [0.1, 0.15) is 0 Å². The fraction of sp³-hybridized carbons (Fsp3) is 0.111. The lowest BCUT2D eigenvalue weighted by Gasteiger charge is -2.07. The first kappa shape index (κ1) is 13.8. The van der Waals surface area contributed by atoms with Crippen LogP contribution in [-0.2, 0) is 10.0 Å². The minimum atomic E-state index is -3.69. The monoisotopic (exact) mass is 299 g/mol. The molecular formula is C9H8Cl3NO2S. The van der Waals surface area contributed by atoms with Gasteiger partial charge in [0.25, 0.3) is 0 Å². The molecular weight excluding hydrogens is 293 g/mol. The van der Waals surface area contributed by atoms with Gasteiger partial charge in [-0.05, 0) is 12.1 Å². The Kier molecular flexibility index (Phi) is 4.64. The van der Waals surface area contributed by atoms with Crippen LogP contribution in [0, 0.1) is 0 Å². The summed E-state index contributed by atoms with van der Waals surface area (Å²) in [4.78, 5) is -0.106. The summed E-state index contributed by atoms with van der Waals surface area (Å²) in [7, 11) is -3.69. The van der Waals surface area contributed by atoms with Gasteiger partial charge in [0.1, 0.15) is 4.90 Å². The Morgan fingerprint density at radius 1 is 1.19 bits per heavy atom. The van der Waals surface area contributed by atoms with Crippen molar-refractivity contribution in [2.75, 3.05) is 6.54 Å². The Labute approximate surface area is 109 Å². The number of nitrogens with one attached hydrogen (secondary N) is 1. The van der Waals surface area contributed by atoms with Gasteiger partial charge in [-0.2, -0.15) is 0 Å². The van der Waals surface area contributed by atoms with E-state index in [1.165, 1.54) is 18.2 Å². The molecule has 1 aromatic carbocycles. The third-order valence-electron chi connectivity index (χ3n) is 1.68. The van der Waals surface area contributed by atoms with Crippen molar-refractivity contribution >= 4 is 44.8 Å². The second kappa shape index (κ2) is 5.38. The maximum Gasteiger partial charge on any atom is 0.242 e. The number of rotatable bonds is 4. The van der Waals surface area contributed by atoms with E-state index in [-0.39, 0.29) is 26.5 Å². The number of sulfonamides is 1. The zero-order valence-corrected chi connectivity index (χ0v) is 11.1. The van der Waals surface area contributed by atoms with Crippen molar-refractivity contribution in [3.63, 3.8) is 0 Å². The molecule has 0 spiro atoms. The Balaban J connectivity index is 3.23. The molecule has 0 saturated carbocycles. The highest BCUT2D eigenvalue weighted by Crippen LogP contribution is 2.31. The summed E-state index contributed by atoms with van der Waals surface area (Å²) in [6.45, 7) is 3.51. The zero-order valence-electron chi connectivity index (χ0n) is 8.00. The molecule has 1 rings (SSSR count). The highest BCUT2D eigenvalue weighted by Gasteiger charge is 2.18. The molecule has 0 amide bonds. The van der Waals surface area contributed by atoms with Crippen molar-refractivity contribution in [2.45, 2.75) is 4.90 Å². The van der Waals surface area contributed by atoms with Gasteiger partial charge in [-0.3, -0.25) is 0 Å². The molecule has 16 heavy (non-hydrogen) atoms. The predicted molar refractivity (Wildman–Crippen MR) is 66.9 cm³/mol. The van der Waals surface area contributed by atoms with Gasteiger partial charge in [0.15, 0.2) is 0 Å². The van der Waals surface area contributed by atoms with E-state index in [4.69, 9.17) is 34.8 Å². The van der Waals surface area contributed by atoms with Crippen molar-refractivity contribution in [3.05, 3.63) is 39.9 Å². The minimum Gasteiger partial charge on any atom is -0.207 e. The lowest BCUT2D eigenvalue weighted by Crippen LogP contribution is -2.23. The van der Waals surface area contributed by atoms with Gasteiger partial charge in [-0.25, -0.2) is 13.1 Å². The molecule has 0 fully saturated rings. The molecule has 0 aliphatic rings. The molecule has 0 bridgehead atoms. The number of halogens is 3. The third-order valence-corrected chi connectivity index (χ3v) is 4.29. The van der Waals surface area contributed by atoms with Crippen molar-refractivity contribution in [1.29, 1.82) is 0 Å². The lowest BCUT2D eigenvalue weighted by molar-refractivity contribution is 0.585. The molecule has 0 radical (unpaired) electrons. The first-order valence-electron chi connectivity index (χ1n) is 4.13. The van der Waals surface area contributed by atoms with E-state index in [0.29, 0.717) is 0 Å². The first-order valence-corrected chi connectivity index (χ1v) is 6.75. The molecule has 0 heterocycles. The van der Waals surface area contributed by atoms with Crippen LogP contribution < -0.4 is 4.72 Å². The topological polar surface area (TPSA) is 46.2 Å². The summed E-state index contributed by atoms with van der Waals surface area (Å²) >= 11 is 17.2. The summed E-state index contributed by atoms with van der Waals surface area (Å²) in [6, 6.07) is 2.49. The maximum absolute atomic E-state index is 11.7. The smallest absolute Gasteiger partial charge is 0.207 e. The van der Waals surface area contributed by atoms with Gasteiger partial charge in [-0.1, -0.05) is 40.9 Å². The van der Waals surface area contributed by atoms with Crippen LogP contribution in [0.5, 0.6) is 0 Å². The Bertz CT molecular complexity index is 514. The van der Waals surface area contributed by atoms with Gasteiger partial charge in [0.2, 0.25) is 10.0 Å². The minimum absolute atomic E-state index is 0.0194. The Hall–Kier alpha value is -0.260. The molecule has 1 aromatic rings. The number of benzene rings is 1. The van der Waals surface area contributed by atoms with E-state index in [2.05, 4.69) is 11.3 Å². The largest absolute Gasteiger partial charge is 0.242 e. The lowest BCUT2D eigenvalue weighted by atomic mass is 10.4. The first-order chi connectivity index (χ1) is 7.38. The van der Waals surface area contributed by atoms with E-state index in [9.17, 15) is 8.42 Å². The van der Waals surface area contributed by atoms with Gasteiger partial charge in [-0.15, -0.1) is 6.58 Å². The van der Waals surface area contributed by atoms with Gasteiger partial charge < -0.3 is 0 Å². The molecule has 0 aliphatic carbocycles. The quantitative estimate of drug-likeness (QED) is 0.686.